The molecule has 0 unspecified atom stereocenters. The second-order valence-corrected chi connectivity index (χ2v) is 8.61. The van der Waals surface area contributed by atoms with Gasteiger partial charge in [0.15, 0.2) is 0 Å². The Morgan fingerprint density at radius 2 is 1.65 bits per heavy atom. The van der Waals surface area contributed by atoms with E-state index in [1.54, 1.807) is 48.8 Å². The van der Waals surface area contributed by atoms with Gasteiger partial charge in [0.25, 0.3) is 0 Å². The van der Waals surface area contributed by atoms with Crippen LogP contribution >= 0.6 is 0 Å². The fourth-order valence-electron chi connectivity index (χ4n) is 4.13. The van der Waals surface area contributed by atoms with E-state index < -0.39 is 0 Å². The van der Waals surface area contributed by atoms with Crippen molar-refractivity contribution in [3.05, 3.63) is 79.1 Å². The Bertz CT molecular complexity index is 1270. The largest absolute Gasteiger partial charge is 0.457 e. The predicted molar refractivity (Wildman–Crippen MR) is 136 cm³/mol. The zero-order chi connectivity index (χ0) is 23.3. The third-order valence-electron chi connectivity index (χ3n) is 6.04. The van der Waals surface area contributed by atoms with E-state index in [1.807, 2.05) is 18.2 Å². The maximum absolute atomic E-state index is 12.7. The minimum Gasteiger partial charge on any atom is -0.457 e. The average molecular weight is 454 g/mol. The molecule has 2 amide bonds. The predicted octanol–water partition coefficient (Wildman–Crippen LogP) is 6.30. The first-order valence-electron chi connectivity index (χ1n) is 11.5. The molecule has 0 bridgehead atoms. The SMILES string of the molecule is CC1CCN(c2nc(NC(=O)Nc3ccc(Oc4ccncc4)cc3)cc3ccccc23)CC1. The van der Waals surface area contributed by atoms with E-state index in [1.165, 1.54) is 0 Å². The summed E-state index contributed by atoms with van der Waals surface area (Å²) >= 11 is 0. The van der Waals surface area contributed by atoms with Gasteiger partial charge in [-0.3, -0.25) is 10.3 Å². The molecule has 7 nitrogen and oxygen atoms in total. The number of amides is 2. The van der Waals surface area contributed by atoms with E-state index in [9.17, 15) is 4.79 Å². The van der Waals surface area contributed by atoms with Crippen LogP contribution in [-0.2, 0) is 0 Å². The maximum Gasteiger partial charge on any atom is 0.324 e. The summed E-state index contributed by atoms with van der Waals surface area (Å²) in [6, 6.07) is 20.5. The van der Waals surface area contributed by atoms with Gasteiger partial charge in [-0.2, -0.15) is 0 Å². The van der Waals surface area contributed by atoms with Gasteiger partial charge in [-0.1, -0.05) is 31.2 Å². The highest BCUT2D eigenvalue weighted by molar-refractivity contribution is 6.02. The van der Waals surface area contributed by atoms with Gasteiger partial charge in [-0.15, -0.1) is 0 Å². The summed E-state index contributed by atoms with van der Waals surface area (Å²) in [5.74, 6) is 3.57. The molecule has 0 aliphatic carbocycles. The van der Waals surface area contributed by atoms with Crippen LogP contribution in [0.15, 0.2) is 79.1 Å². The van der Waals surface area contributed by atoms with Gasteiger partial charge in [0.1, 0.15) is 23.1 Å². The molecular formula is C27H27N5O2. The lowest BCUT2D eigenvalue weighted by molar-refractivity contribution is 0.262. The molecule has 172 valence electrons. The van der Waals surface area contributed by atoms with Crippen LogP contribution in [0.4, 0.5) is 22.1 Å². The number of nitrogens with one attached hydrogen (secondary N) is 2. The van der Waals surface area contributed by atoms with Crippen molar-refractivity contribution in [1.82, 2.24) is 9.97 Å². The molecule has 4 aromatic rings. The van der Waals surface area contributed by atoms with Crippen LogP contribution < -0.4 is 20.3 Å². The second kappa shape index (κ2) is 9.79. The molecule has 2 N–H and O–H groups in total. The average Bonchev–Trinajstić information content (AvgIpc) is 2.86. The van der Waals surface area contributed by atoms with Crippen molar-refractivity contribution in [3.63, 3.8) is 0 Å². The van der Waals surface area contributed by atoms with Crippen LogP contribution in [0.5, 0.6) is 11.5 Å². The van der Waals surface area contributed by atoms with Crippen molar-refractivity contribution in [2.24, 2.45) is 5.92 Å². The smallest absolute Gasteiger partial charge is 0.324 e. The molecule has 0 atom stereocenters. The van der Waals surface area contributed by atoms with E-state index in [4.69, 9.17) is 9.72 Å². The number of carbonyl (C=O) groups excluding carboxylic acids is 1. The molecule has 2 aromatic heterocycles. The van der Waals surface area contributed by atoms with Crippen LogP contribution in [0.1, 0.15) is 19.8 Å². The minimum atomic E-state index is -0.344. The highest BCUT2D eigenvalue weighted by Gasteiger charge is 2.20. The first-order chi connectivity index (χ1) is 16.6. The van der Waals surface area contributed by atoms with Crippen molar-refractivity contribution in [1.29, 1.82) is 0 Å². The van der Waals surface area contributed by atoms with Crippen molar-refractivity contribution in [2.45, 2.75) is 19.8 Å². The summed E-state index contributed by atoms with van der Waals surface area (Å²) in [6.45, 7) is 4.24. The van der Waals surface area contributed by atoms with Gasteiger partial charge in [0, 0.05) is 36.6 Å². The lowest BCUT2D eigenvalue weighted by Crippen LogP contribution is -2.33. The highest BCUT2D eigenvalue weighted by atomic mass is 16.5. The number of rotatable bonds is 5. The first kappa shape index (κ1) is 21.7. The van der Waals surface area contributed by atoms with Gasteiger partial charge in [0.2, 0.25) is 0 Å². The third kappa shape index (κ3) is 5.09. The number of ether oxygens (including phenoxy) is 1. The van der Waals surface area contributed by atoms with E-state index in [0.717, 1.165) is 48.4 Å². The molecule has 0 radical (unpaired) electrons. The lowest BCUT2D eigenvalue weighted by Gasteiger charge is -2.32. The quantitative estimate of drug-likeness (QED) is 0.371. The number of piperidine rings is 1. The molecule has 1 aliphatic heterocycles. The van der Waals surface area contributed by atoms with Gasteiger partial charge in [0.05, 0.1) is 0 Å². The molecule has 1 fully saturated rings. The van der Waals surface area contributed by atoms with Gasteiger partial charge < -0.3 is 15.0 Å². The Morgan fingerprint density at radius 3 is 2.41 bits per heavy atom. The number of benzene rings is 2. The number of pyridine rings is 2. The maximum atomic E-state index is 12.7. The summed E-state index contributed by atoms with van der Waals surface area (Å²) in [4.78, 5) is 23.8. The molecule has 34 heavy (non-hydrogen) atoms. The second-order valence-electron chi connectivity index (χ2n) is 8.61. The Balaban J connectivity index is 1.29. The topological polar surface area (TPSA) is 79.4 Å². The number of carbonyl (C=O) groups is 1. The Hall–Kier alpha value is -4.13. The van der Waals surface area contributed by atoms with E-state index in [2.05, 4.69) is 39.6 Å². The lowest BCUT2D eigenvalue weighted by atomic mass is 9.99. The summed E-state index contributed by atoms with van der Waals surface area (Å²) in [5.41, 5.74) is 0.658. The van der Waals surface area contributed by atoms with Crippen LogP contribution in [0, 0.1) is 5.92 Å². The van der Waals surface area contributed by atoms with Crippen molar-refractivity contribution >= 4 is 34.1 Å². The number of urea groups is 1. The fourth-order valence-corrected chi connectivity index (χ4v) is 4.13. The third-order valence-corrected chi connectivity index (χ3v) is 6.04. The van der Waals surface area contributed by atoms with Crippen LogP contribution in [0.25, 0.3) is 10.8 Å². The van der Waals surface area contributed by atoms with Gasteiger partial charge in [-0.05, 0) is 66.6 Å². The van der Waals surface area contributed by atoms with Crippen molar-refractivity contribution in [3.8, 4) is 11.5 Å². The minimum absolute atomic E-state index is 0.344. The Morgan fingerprint density at radius 1 is 0.941 bits per heavy atom. The molecule has 0 spiro atoms. The first-order valence-corrected chi connectivity index (χ1v) is 11.5. The van der Waals surface area contributed by atoms with Crippen molar-refractivity contribution < 1.29 is 9.53 Å². The molecular weight excluding hydrogens is 426 g/mol. The highest BCUT2D eigenvalue weighted by Crippen LogP contribution is 2.31. The van der Waals surface area contributed by atoms with Gasteiger partial charge >= 0.3 is 6.03 Å². The fraction of sp³-hybridized carbons (Fsp3) is 0.222. The number of fused-ring (bicyclic) bond motifs is 1. The summed E-state index contributed by atoms with van der Waals surface area (Å²) in [6.07, 6.45) is 5.64. The molecule has 3 heterocycles. The number of hydrogen-bond donors (Lipinski definition) is 2. The Kier molecular flexibility index (Phi) is 6.25. The van der Waals surface area contributed by atoms with E-state index in [-0.39, 0.29) is 6.03 Å². The monoisotopic (exact) mass is 453 g/mol. The molecule has 1 saturated heterocycles. The normalized spacial score (nSPS) is 14.1. The van der Waals surface area contributed by atoms with Crippen LogP contribution in [0.2, 0.25) is 0 Å². The Labute approximate surface area is 198 Å². The molecule has 0 saturated carbocycles. The van der Waals surface area contributed by atoms with E-state index in [0.29, 0.717) is 23.0 Å². The zero-order valence-corrected chi connectivity index (χ0v) is 19.1. The van der Waals surface area contributed by atoms with Crippen LogP contribution in [-0.4, -0.2) is 29.1 Å². The number of aromatic nitrogens is 2. The number of hydrogen-bond acceptors (Lipinski definition) is 5. The molecule has 7 heteroatoms. The molecule has 5 rings (SSSR count). The molecule has 1 aliphatic rings. The standard InChI is InChI=1S/C27H27N5O2/c1-19-12-16-32(17-13-19)26-24-5-3-2-4-20(24)18-25(30-26)31-27(33)29-21-6-8-22(9-7-21)34-23-10-14-28-15-11-23/h2-11,14-15,18-19H,12-13,16-17H2,1H3,(H2,29,30,31,33). The van der Waals surface area contributed by atoms with Gasteiger partial charge in [-0.25, -0.2) is 9.78 Å². The summed E-state index contributed by atoms with van der Waals surface area (Å²) < 4.78 is 5.77. The number of nitrogens with zero attached hydrogens (tertiary/aromatic N) is 3. The van der Waals surface area contributed by atoms with E-state index >= 15 is 0 Å². The summed E-state index contributed by atoms with van der Waals surface area (Å²) in [5, 5.41) is 7.92. The van der Waals surface area contributed by atoms with Crippen LogP contribution in [0.3, 0.4) is 0 Å². The molecule has 2 aromatic carbocycles. The summed E-state index contributed by atoms with van der Waals surface area (Å²) in [7, 11) is 0. The number of anilines is 3. The van der Waals surface area contributed by atoms with Crippen molar-refractivity contribution in [2.75, 3.05) is 28.6 Å². The zero-order valence-electron chi connectivity index (χ0n) is 19.1.